The molecule has 0 radical (unpaired) electrons. The molecule has 0 bridgehead atoms. The highest BCUT2D eigenvalue weighted by atomic mass is 19.2. The summed E-state index contributed by atoms with van der Waals surface area (Å²) in [4.78, 5) is 12.1. The fourth-order valence-electron chi connectivity index (χ4n) is 3.08. The number of carbonyl (C=O) groups excluding carboxylic acids is 1. The summed E-state index contributed by atoms with van der Waals surface area (Å²) in [6, 6.07) is 9.74. The number of nitrogens with two attached hydrogens (primary N) is 1. The van der Waals surface area contributed by atoms with Gasteiger partial charge in [-0.05, 0) is 67.6 Å². The highest BCUT2D eigenvalue weighted by molar-refractivity contribution is 5.91. The standard InChI is InChI=1S/C19H20F2N2O/c1-12(14-6-8-17(20)18(21)10-14)22-11-19(24)23-16-7-5-13-3-2-4-15(13)9-16/h5-10,12,22H,2-4,11H2,1H3,(H,23,24)/p+1/t12-/m0/s1. The number of nitrogens with one attached hydrogen (secondary N) is 1. The maximum Gasteiger partial charge on any atom is 0.279 e. The Labute approximate surface area is 140 Å². The lowest BCUT2D eigenvalue weighted by Crippen LogP contribution is -2.86. The van der Waals surface area contributed by atoms with E-state index in [1.54, 1.807) is 5.32 Å². The Hall–Kier alpha value is -2.27. The van der Waals surface area contributed by atoms with E-state index in [1.165, 1.54) is 29.7 Å². The maximum absolute atomic E-state index is 13.3. The molecule has 5 heteroatoms. The second-order valence-corrected chi connectivity index (χ2v) is 6.29. The number of benzene rings is 2. The van der Waals surface area contributed by atoms with Gasteiger partial charge in [0.1, 0.15) is 6.04 Å². The molecule has 0 heterocycles. The zero-order valence-electron chi connectivity index (χ0n) is 13.6. The van der Waals surface area contributed by atoms with Gasteiger partial charge in [0.25, 0.3) is 5.91 Å². The van der Waals surface area contributed by atoms with Gasteiger partial charge in [-0.2, -0.15) is 0 Å². The molecule has 2 aromatic carbocycles. The van der Waals surface area contributed by atoms with Crippen LogP contribution in [-0.4, -0.2) is 12.5 Å². The summed E-state index contributed by atoms with van der Waals surface area (Å²) < 4.78 is 26.2. The van der Waals surface area contributed by atoms with Crippen LogP contribution in [0.2, 0.25) is 0 Å². The van der Waals surface area contributed by atoms with Gasteiger partial charge in [0.05, 0.1) is 0 Å². The molecule has 126 valence electrons. The van der Waals surface area contributed by atoms with Gasteiger partial charge in [-0.15, -0.1) is 0 Å². The number of rotatable bonds is 5. The predicted octanol–water partition coefficient (Wildman–Crippen LogP) is 2.72. The molecule has 3 rings (SSSR count). The molecule has 0 unspecified atom stereocenters. The van der Waals surface area contributed by atoms with Crippen LogP contribution in [0.5, 0.6) is 0 Å². The number of quaternary nitrogens is 1. The predicted molar refractivity (Wildman–Crippen MR) is 88.7 cm³/mol. The van der Waals surface area contributed by atoms with E-state index in [4.69, 9.17) is 0 Å². The number of fused-ring (bicyclic) bond motifs is 1. The van der Waals surface area contributed by atoms with Gasteiger partial charge >= 0.3 is 0 Å². The van der Waals surface area contributed by atoms with E-state index in [2.05, 4.69) is 11.4 Å². The number of amides is 1. The van der Waals surface area contributed by atoms with Crippen molar-refractivity contribution in [1.82, 2.24) is 0 Å². The van der Waals surface area contributed by atoms with Crippen LogP contribution in [0, 0.1) is 11.6 Å². The van der Waals surface area contributed by atoms with E-state index in [0.29, 0.717) is 5.56 Å². The zero-order valence-corrected chi connectivity index (χ0v) is 13.6. The van der Waals surface area contributed by atoms with Gasteiger partial charge in [-0.25, -0.2) is 8.78 Å². The number of halogens is 2. The minimum atomic E-state index is -0.865. The van der Waals surface area contributed by atoms with Gasteiger partial charge in [0, 0.05) is 11.3 Å². The third kappa shape index (κ3) is 3.79. The molecule has 0 saturated heterocycles. The second kappa shape index (κ2) is 7.09. The Morgan fingerprint density at radius 2 is 1.92 bits per heavy atom. The Kier molecular flexibility index (Phi) is 4.90. The highest BCUT2D eigenvalue weighted by Crippen LogP contribution is 2.24. The molecule has 1 amide bonds. The van der Waals surface area contributed by atoms with E-state index in [1.807, 2.05) is 19.1 Å². The summed E-state index contributed by atoms with van der Waals surface area (Å²) in [6.07, 6.45) is 3.35. The summed E-state index contributed by atoms with van der Waals surface area (Å²) in [5.74, 6) is -1.84. The number of carbonyl (C=O) groups is 1. The number of hydrogen-bond acceptors (Lipinski definition) is 1. The average Bonchev–Trinajstić information content (AvgIpc) is 3.03. The number of aryl methyl sites for hydroxylation is 2. The Morgan fingerprint density at radius 1 is 1.12 bits per heavy atom. The topological polar surface area (TPSA) is 45.7 Å². The smallest absolute Gasteiger partial charge is 0.279 e. The largest absolute Gasteiger partial charge is 0.333 e. The van der Waals surface area contributed by atoms with Crippen molar-refractivity contribution in [3.8, 4) is 0 Å². The van der Waals surface area contributed by atoms with Gasteiger partial charge in [-0.3, -0.25) is 4.79 Å². The molecular weight excluding hydrogens is 310 g/mol. The van der Waals surface area contributed by atoms with Crippen LogP contribution < -0.4 is 10.6 Å². The first-order valence-electron chi connectivity index (χ1n) is 8.23. The van der Waals surface area contributed by atoms with Crippen molar-refractivity contribution in [1.29, 1.82) is 0 Å². The van der Waals surface area contributed by atoms with Crippen LogP contribution in [0.25, 0.3) is 0 Å². The molecule has 24 heavy (non-hydrogen) atoms. The minimum absolute atomic E-state index is 0.109. The molecule has 0 spiro atoms. The van der Waals surface area contributed by atoms with Gasteiger partial charge in [-0.1, -0.05) is 6.07 Å². The van der Waals surface area contributed by atoms with Crippen molar-refractivity contribution in [2.45, 2.75) is 32.2 Å². The first-order chi connectivity index (χ1) is 11.5. The Bertz CT molecular complexity index is 761. The molecule has 3 N–H and O–H groups in total. The Morgan fingerprint density at radius 3 is 2.71 bits per heavy atom. The molecule has 1 atom stereocenters. The van der Waals surface area contributed by atoms with Crippen LogP contribution in [0.15, 0.2) is 36.4 Å². The summed E-state index contributed by atoms with van der Waals surface area (Å²) in [7, 11) is 0. The van der Waals surface area contributed by atoms with Crippen molar-refractivity contribution in [2.24, 2.45) is 0 Å². The first-order valence-corrected chi connectivity index (χ1v) is 8.23. The van der Waals surface area contributed by atoms with Crippen molar-refractivity contribution in [3.05, 3.63) is 64.7 Å². The molecule has 0 saturated carbocycles. The average molecular weight is 331 g/mol. The molecular formula is C19H21F2N2O+. The van der Waals surface area contributed by atoms with Gasteiger partial charge < -0.3 is 10.6 Å². The molecule has 0 fully saturated rings. The van der Waals surface area contributed by atoms with Crippen LogP contribution in [0.1, 0.15) is 36.1 Å². The third-order valence-electron chi connectivity index (χ3n) is 4.51. The number of anilines is 1. The lowest BCUT2D eigenvalue weighted by molar-refractivity contribution is -0.682. The van der Waals surface area contributed by atoms with Gasteiger partial charge in [0.2, 0.25) is 0 Å². The van der Waals surface area contributed by atoms with E-state index >= 15 is 0 Å². The molecule has 2 aromatic rings. The second-order valence-electron chi connectivity index (χ2n) is 6.29. The monoisotopic (exact) mass is 331 g/mol. The fourth-order valence-corrected chi connectivity index (χ4v) is 3.08. The van der Waals surface area contributed by atoms with E-state index in [0.717, 1.165) is 24.6 Å². The van der Waals surface area contributed by atoms with Crippen molar-refractivity contribution in [3.63, 3.8) is 0 Å². The summed E-state index contributed by atoms with van der Waals surface area (Å²) in [6.45, 7) is 2.08. The van der Waals surface area contributed by atoms with E-state index < -0.39 is 11.6 Å². The van der Waals surface area contributed by atoms with Crippen LogP contribution >= 0.6 is 0 Å². The minimum Gasteiger partial charge on any atom is -0.333 e. The van der Waals surface area contributed by atoms with Crippen LogP contribution in [0.4, 0.5) is 14.5 Å². The van der Waals surface area contributed by atoms with E-state index in [9.17, 15) is 13.6 Å². The quantitative estimate of drug-likeness (QED) is 0.869. The SMILES string of the molecule is C[C@H]([NH2+]CC(=O)Nc1ccc2c(c1)CCC2)c1ccc(F)c(F)c1. The van der Waals surface area contributed by atoms with Crippen LogP contribution in [0.3, 0.4) is 0 Å². The molecule has 0 aromatic heterocycles. The lowest BCUT2D eigenvalue weighted by Gasteiger charge is -2.12. The molecule has 3 nitrogen and oxygen atoms in total. The van der Waals surface area contributed by atoms with Crippen molar-refractivity contribution < 1.29 is 18.9 Å². The Balaban J connectivity index is 1.54. The molecule has 1 aliphatic rings. The lowest BCUT2D eigenvalue weighted by atomic mass is 10.1. The number of hydrogen-bond donors (Lipinski definition) is 2. The summed E-state index contributed by atoms with van der Waals surface area (Å²) >= 11 is 0. The summed E-state index contributed by atoms with van der Waals surface area (Å²) in [5.41, 5.74) is 4.15. The maximum atomic E-state index is 13.3. The third-order valence-corrected chi connectivity index (χ3v) is 4.51. The van der Waals surface area contributed by atoms with Crippen molar-refractivity contribution in [2.75, 3.05) is 11.9 Å². The molecule has 1 aliphatic carbocycles. The van der Waals surface area contributed by atoms with Crippen LogP contribution in [-0.2, 0) is 17.6 Å². The highest BCUT2D eigenvalue weighted by Gasteiger charge is 2.15. The van der Waals surface area contributed by atoms with Gasteiger partial charge in [0.15, 0.2) is 18.2 Å². The molecule has 0 aliphatic heterocycles. The fraction of sp³-hybridized carbons (Fsp3) is 0.316. The van der Waals surface area contributed by atoms with Crippen molar-refractivity contribution >= 4 is 11.6 Å². The summed E-state index contributed by atoms with van der Waals surface area (Å²) in [5, 5.41) is 4.70. The first kappa shape index (κ1) is 16.6. The zero-order chi connectivity index (χ0) is 17.1. The normalized spacial score (nSPS) is 14.3. The van der Waals surface area contributed by atoms with E-state index in [-0.39, 0.29) is 18.5 Å².